The summed E-state index contributed by atoms with van der Waals surface area (Å²) in [6.45, 7) is 1.84. The lowest BCUT2D eigenvalue weighted by molar-refractivity contribution is 0.105. The summed E-state index contributed by atoms with van der Waals surface area (Å²) in [5.41, 5.74) is 1.16. The van der Waals surface area contributed by atoms with E-state index in [1.54, 1.807) is 29.6 Å². The highest BCUT2D eigenvalue weighted by atomic mass is 32.1. The largest absolute Gasteiger partial charge is 0.507 e. The summed E-state index contributed by atoms with van der Waals surface area (Å²) in [5.74, 6) is -0.550. The number of ketones is 1. The smallest absolute Gasteiger partial charge is 0.199 e. The maximum absolute atomic E-state index is 11.8. The van der Waals surface area contributed by atoms with E-state index in [9.17, 15) is 15.0 Å². The zero-order valence-corrected chi connectivity index (χ0v) is 10.6. The number of rotatable bonds is 3. The molecule has 2 rings (SSSR count). The van der Waals surface area contributed by atoms with Crippen molar-refractivity contribution in [1.29, 1.82) is 0 Å². The van der Waals surface area contributed by atoms with Crippen molar-refractivity contribution in [2.75, 3.05) is 0 Å². The average molecular weight is 260 g/mol. The van der Waals surface area contributed by atoms with Crippen LogP contribution in [0.4, 0.5) is 0 Å². The Labute approximate surface area is 109 Å². The van der Waals surface area contributed by atoms with E-state index in [4.69, 9.17) is 0 Å². The second kappa shape index (κ2) is 5.06. The molecule has 92 valence electrons. The third-order valence-corrected chi connectivity index (χ3v) is 3.34. The van der Waals surface area contributed by atoms with E-state index >= 15 is 0 Å². The van der Waals surface area contributed by atoms with E-state index in [-0.39, 0.29) is 22.9 Å². The van der Waals surface area contributed by atoms with Crippen molar-refractivity contribution in [2.45, 2.75) is 6.92 Å². The van der Waals surface area contributed by atoms with Crippen LogP contribution in [-0.2, 0) is 0 Å². The van der Waals surface area contributed by atoms with Crippen LogP contribution in [0.5, 0.6) is 5.75 Å². The van der Waals surface area contributed by atoms with Crippen LogP contribution in [0.3, 0.4) is 0 Å². The van der Waals surface area contributed by atoms with Crippen molar-refractivity contribution in [2.24, 2.45) is 0 Å². The summed E-state index contributed by atoms with van der Waals surface area (Å²) in [5, 5.41) is 21.3. The molecule has 0 aliphatic carbocycles. The van der Waals surface area contributed by atoms with E-state index in [0.717, 1.165) is 11.6 Å². The van der Waals surface area contributed by atoms with Crippen LogP contribution in [0, 0.1) is 6.92 Å². The lowest BCUT2D eigenvalue weighted by Gasteiger charge is -2.04. The molecule has 1 aromatic heterocycles. The molecule has 0 spiro atoms. The highest BCUT2D eigenvalue weighted by molar-refractivity contribution is 7.12. The third kappa shape index (κ3) is 2.60. The summed E-state index contributed by atoms with van der Waals surface area (Å²) in [7, 11) is 0. The van der Waals surface area contributed by atoms with Gasteiger partial charge in [0.05, 0.1) is 10.4 Å². The summed E-state index contributed by atoms with van der Waals surface area (Å²) in [4.78, 5) is 12.3. The molecule has 0 unspecified atom stereocenters. The Kier molecular flexibility index (Phi) is 3.48. The fraction of sp³-hybridized carbons (Fsp3) is 0.0714. The first-order valence-corrected chi connectivity index (χ1v) is 6.24. The molecule has 3 nitrogen and oxygen atoms in total. The number of thiophene rings is 1. The molecule has 1 heterocycles. The van der Waals surface area contributed by atoms with Gasteiger partial charge in [0.1, 0.15) is 11.5 Å². The standard InChI is InChI=1S/C14H12O3S/c1-9-4-5-11(15)10(7-9)12(16)8-13(17)14-3-2-6-18-14/h2-8,15-16H,1H3/b12-8-. The monoisotopic (exact) mass is 260 g/mol. The quantitative estimate of drug-likeness (QED) is 0.504. The minimum Gasteiger partial charge on any atom is -0.507 e. The van der Waals surface area contributed by atoms with Crippen LogP contribution in [-0.4, -0.2) is 16.0 Å². The number of hydrogen-bond acceptors (Lipinski definition) is 4. The fourth-order valence-corrected chi connectivity index (χ4v) is 2.18. The Balaban J connectivity index is 2.33. The predicted molar refractivity (Wildman–Crippen MR) is 72.1 cm³/mol. The Morgan fingerprint density at radius 2 is 2.11 bits per heavy atom. The normalized spacial score (nSPS) is 11.5. The van der Waals surface area contributed by atoms with Gasteiger partial charge in [-0.05, 0) is 30.5 Å². The van der Waals surface area contributed by atoms with Crippen molar-refractivity contribution in [3.63, 3.8) is 0 Å². The highest BCUT2D eigenvalue weighted by Gasteiger charge is 2.10. The number of carbonyl (C=O) groups excluding carboxylic acids is 1. The molecule has 0 aliphatic heterocycles. The average Bonchev–Trinajstić information content (AvgIpc) is 2.85. The summed E-state index contributed by atoms with van der Waals surface area (Å²) < 4.78 is 0. The van der Waals surface area contributed by atoms with Crippen LogP contribution in [0.1, 0.15) is 20.8 Å². The zero-order chi connectivity index (χ0) is 13.1. The van der Waals surface area contributed by atoms with Gasteiger partial charge < -0.3 is 10.2 Å². The lowest BCUT2D eigenvalue weighted by atomic mass is 10.1. The van der Waals surface area contributed by atoms with Crippen molar-refractivity contribution >= 4 is 22.9 Å². The Morgan fingerprint density at radius 3 is 2.78 bits per heavy atom. The number of aromatic hydroxyl groups is 1. The van der Waals surface area contributed by atoms with Crippen LogP contribution in [0.15, 0.2) is 41.8 Å². The molecule has 1 aromatic carbocycles. The van der Waals surface area contributed by atoms with Crippen molar-refractivity contribution in [3.05, 3.63) is 57.8 Å². The van der Waals surface area contributed by atoms with Crippen molar-refractivity contribution in [3.8, 4) is 5.75 Å². The van der Waals surface area contributed by atoms with Gasteiger partial charge in [-0.25, -0.2) is 0 Å². The minimum atomic E-state index is -0.275. The highest BCUT2D eigenvalue weighted by Crippen LogP contribution is 2.25. The van der Waals surface area contributed by atoms with Gasteiger partial charge in [-0.1, -0.05) is 17.7 Å². The van der Waals surface area contributed by atoms with Crippen LogP contribution in [0.25, 0.3) is 5.76 Å². The summed E-state index contributed by atoms with van der Waals surface area (Å²) >= 11 is 1.31. The van der Waals surface area contributed by atoms with Gasteiger partial charge in [-0.15, -0.1) is 11.3 Å². The Hall–Kier alpha value is -2.07. The van der Waals surface area contributed by atoms with Gasteiger partial charge in [-0.2, -0.15) is 0 Å². The number of hydrogen-bond donors (Lipinski definition) is 2. The molecule has 18 heavy (non-hydrogen) atoms. The predicted octanol–water partition coefficient (Wildman–Crippen LogP) is 3.54. The molecule has 0 amide bonds. The molecule has 4 heteroatoms. The van der Waals surface area contributed by atoms with Gasteiger partial charge in [0, 0.05) is 6.08 Å². The molecule has 0 saturated heterocycles. The Bertz CT molecular complexity index is 598. The number of aliphatic hydroxyl groups excluding tert-OH is 1. The number of phenolic OH excluding ortho intramolecular Hbond substituents is 1. The van der Waals surface area contributed by atoms with Gasteiger partial charge in [0.2, 0.25) is 0 Å². The minimum absolute atomic E-state index is 0.0478. The van der Waals surface area contributed by atoms with Crippen LogP contribution >= 0.6 is 11.3 Å². The summed E-state index contributed by atoms with van der Waals surface area (Å²) in [6.07, 6.45) is 1.13. The number of aliphatic hydroxyl groups is 1. The topological polar surface area (TPSA) is 57.5 Å². The van der Waals surface area contributed by atoms with Gasteiger partial charge >= 0.3 is 0 Å². The van der Waals surface area contributed by atoms with Crippen LogP contribution < -0.4 is 0 Å². The number of benzene rings is 1. The molecule has 0 bridgehead atoms. The first-order chi connectivity index (χ1) is 8.58. The molecule has 0 atom stereocenters. The van der Waals surface area contributed by atoms with E-state index in [1.165, 1.54) is 17.4 Å². The van der Waals surface area contributed by atoms with Gasteiger partial charge in [-0.3, -0.25) is 4.79 Å². The molecule has 0 saturated carbocycles. The molecule has 0 radical (unpaired) electrons. The maximum Gasteiger partial charge on any atom is 0.199 e. The van der Waals surface area contributed by atoms with Gasteiger partial charge in [0.25, 0.3) is 0 Å². The lowest BCUT2D eigenvalue weighted by Crippen LogP contribution is -1.94. The number of phenols is 1. The van der Waals surface area contributed by atoms with E-state index in [2.05, 4.69) is 0 Å². The third-order valence-electron chi connectivity index (χ3n) is 2.46. The molecular formula is C14H12O3S. The molecule has 2 N–H and O–H groups in total. The summed E-state index contributed by atoms with van der Waals surface area (Å²) in [6, 6.07) is 8.31. The van der Waals surface area contributed by atoms with E-state index in [0.29, 0.717) is 4.88 Å². The number of aryl methyl sites for hydroxylation is 1. The Morgan fingerprint density at radius 1 is 1.33 bits per heavy atom. The first-order valence-electron chi connectivity index (χ1n) is 5.36. The molecule has 0 fully saturated rings. The second-order valence-corrected chi connectivity index (χ2v) is 4.84. The van der Waals surface area contributed by atoms with E-state index < -0.39 is 0 Å². The number of carbonyl (C=O) groups is 1. The first kappa shape index (κ1) is 12.4. The molecule has 2 aromatic rings. The fourth-order valence-electron chi connectivity index (χ4n) is 1.55. The zero-order valence-electron chi connectivity index (χ0n) is 9.75. The SMILES string of the molecule is Cc1ccc(O)c(/C(O)=C/C(=O)c2cccs2)c1. The number of allylic oxidation sites excluding steroid dienone is 1. The van der Waals surface area contributed by atoms with E-state index in [1.807, 2.05) is 6.92 Å². The second-order valence-electron chi connectivity index (χ2n) is 3.89. The molecular weight excluding hydrogens is 248 g/mol. The van der Waals surface area contributed by atoms with Crippen molar-refractivity contribution < 1.29 is 15.0 Å². The van der Waals surface area contributed by atoms with Gasteiger partial charge in [0.15, 0.2) is 5.78 Å². The van der Waals surface area contributed by atoms with Crippen molar-refractivity contribution in [1.82, 2.24) is 0 Å². The molecule has 0 aliphatic rings. The maximum atomic E-state index is 11.8. The van der Waals surface area contributed by atoms with Crippen LogP contribution in [0.2, 0.25) is 0 Å².